The molecule has 1 rings (SSSR count). The van der Waals surface area contributed by atoms with Crippen molar-refractivity contribution >= 4 is 0 Å². The van der Waals surface area contributed by atoms with Gasteiger partial charge >= 0.3 is 6.18 Å². The first-order valence-corrected chi connectivity index (χ1v) is 7.17. The first-order chi connectivity index (χ1) is 9.63. The van der Waals surface area contributed by atoms with E-state index in [2.05, 4.69) is 5.32 Å². The van der Waals surface area contributed by atoms with E-state index in [0.717, 1.165) is 6.07 Å². The van der Waals surface area contributed by atoms with E-state index in [1.165, 1.54) is 6.07 Å². The van der Waals surface area contributed by atoms with Crippen LogP contribution in [0.1, 0.15) is 45.2 Å². The molecule has 0 radical (unpaired) electrons. The number of nitrogens with one attached hydrogen (secondary N) is 1. The van der Waals surface area contributed by atoms with E-state index in [1.54, 1.807) is 6.07 Å². The Morgan fingerprint density at radius 1 is 1.14 bits per heavy atom. The Kier molecular flexibility index (Phi) is 6.08. The van der Waals surface area contributed by atoms with Crippen LogP contribution < -0.4 is 10.1 Å². The van der Waals surface area contributed by atoms with E-state index in [9.17, 15) is 13.2 Å². The van der Waals surface area contributed by atoms with Crippen LogP contribution in [0.15, 0.2) is 18.2 Å². The van der Waals surface area contributed by atoms with Crippen molar-refractivity contribution in [2.75, 3.05) is 13.2 Å². The first kappa shape index (κ1) is 17.8. The summed E-state index contributed by atoms with van der Waals surface area (Å²) in [6.07, 6.45) is -3.71. The minimum Gasteiger partial charge on any atom is -0.493 e. The summed E-state index contributed by atoms with van der Waals surface area (Å²) in [6.45, 7) is 9.41. The van der Waals surface area contributed by atoms with Crippen LogP contribution in [0.25, 0.3) is 0 Å². The third-order valence-electron chi connectivity index (χ3n) is 3.04. The van der Waals surface area contributed by atoms with Crippen LogP contribution in [-0.4, -0.2) is 13.2 Å². The highest BCUT2D eigenvalue weighted by Gasteiger charge is 2.34. The van der Waals surface area contributed by atoms with Crippen molar-refractivity contribution in [3.05, 3.63) is 29.3 Å². The van der Waals surface area contributed by atoms with E-state index in [1.807, 2.05) is 27.7 Å². The van der Waals surface area contributed by atoms with Gasteiger partial charge in [-0.3, -0.25) is 0 Å². The molecule has 0 atom stereocenters. The average molecular weight is 303 g/mol. The molecule has 0 bridgehead atoms. The number of rotatable bonds is 6. The molecule has 0 aliphatic carbocycles. The smallest absolute Gasteiger partial charge is 0.419 e. The monoisotopic (exact) mass is 303 g/mol. The fourth-order valence-electron chi connectivity index (χ4n) is 1.77. The molecule has 0 saturated carbocycles. The lowest BCUT2D eigenvalue weighted by Gasteiger charge is -2.20. The predicted molar refractivity (Wildman–Crippen MR) is 78.4 cm³/mol. The number of ether oxygens (including phenoxy) is 1. The van der Waals surface area contributed by atoms with E-state index >= 15 is 0 Å². The summed E-state index contributed by atoms with van der Waals surface area (Å²) in [4.78, 5) is 0. The Morgan fingerprint density at radius 3 is 2.33 bits per heavy atom. The molecule has 0 aliphatic heterocycles. The van der Waals surface area contributed by atoms with Gasteiger partial charge in [-0.2, -0.15) is 13.2 Å². The molecule has 0 aliphatic rings. The van der Waals surface area contributed by atoms with Crippen LogP contribution in [0.2, 0.25) is 0 Å². The molecule has 1 aromatic rings. The number of alkyl halides is 3. The highest BCUT2D eigenvalue weighted by molar-refractivity contribution is 5.39. The quantitative estimate of drug-likeness (QED) is 0.827. The Bertz CT molecular complexity index is 450. The van der Waals surface area contributed by atoms with Crippen LogP contribution in [-0.2, 0) is 12.7 Å². The first-order valence-electron chi connectivity index (χ1n) is 7.17. The lowest BCUT2D eigenvalue weighted by Crippen LogP contribution is -2.16. The summed E-state index contributed by atoms with van der Waals surface area (Å²) in [6, 6.07) is 4.25. The molecule has 1 aromatic carbocycles. The Hall–Kier alpha value is -1.23. The van der Waals surface area contributed by atoms with Gasteiger partial charge in [-0.15, -0.1) is 0 Å². The molecule has 0 aromatic heterocycles. The van der Waals surface area contributed by atoms with Crippen LogP contribution >= 0.6 is 0 Å². The molecular formula is C16H24F3NO. The Morgan fingerprint density at radius 2 is 1.81 bits per heavy atom. The van der Waals surface area contributed by atoms with Gasteiger partial charge in [0.15, 0.2) is 0 Å². The summed E-state index contributed by atoms with van der Waals surface area (Å²) in [5, 5.41) is 3.02. The minimum absolute atomic E-state index is 0.0311. The summed E-state index contributed by atoms with van der Waals surface area (Å²) in [5.41, 5.74) is -0.0669. The summed E-state index contributed by atoms with van der Waals surface area (Å²) in [5.74, 6) is -0.0907. The van der Waals surface area contributed by atoms with Crippen molar-refractivity contribution in [3.8, 4) is 5.75 Å². The predicted octanol–water partition coefficient (Wildman–Crippen LogP) is 4.63. The fraction of sp³-hybridized carbons (Fsp3) is 0.625. The van der Waals surface area contributed by atoms with Gasteiger partial charge in [-0.25, -0.2) is 0 Å². The van der Waals surface area contributed by atoms with E-state index < -0.39 is 11.7 Å². The Labute approximate surface area is 124 Å². The van der Waals surface area contributed by atoms with Crippen molar-refractivity contribution in [1.82, 2.24) is 5.32 Å². The number of hydrogen-bond acceptors (Lipinski definition) is 2. The molecule has 1 N–H and O–H groups in total. The van der Waals surface area contributed by atoms with Gasteiger partial charge in [-0.05, 0) is 36.1 Å². The molecule has 0 fully saturated rings. The van der Waals surface area contributed by atoms with Crippen molar-refractivity contribution < 1.29 is 17.9 Å². The lowest BCUT2D eigenvalue weighted by atomic mass is 9.93. The van der Waals surface area contributed by atoms with Crippen LogP contribution in [0.5, 0.6) is 5.75 Å². The van der Waals surface area contributed by atoms with Gasteiger partial charge in [0, 0.05) is 6.54 Å². The summed E-state index contributed by atoms with van der Waals surface area (Å²) < 4.78 is 44.7. The molecule has 2 nitrogen and oxygen atoms in total. The lowest BCUT2D eigenvalue weighted by molar-refractivity contribution is -0.139. The van der Waals surface area contributed by atoms with Gasteiger partial charge < -0.3 is 10.1 Å². The number of hydrogen-bond donors (Lipinski definition) is 1. The topological polar surface area (TPSA) is 21.3 Å². The maximum Gasteiger partial charge on any atom is 0.419 e. The van der Waals surface area contributed by atoms with Gasteiger partial charge in [0.25, 0.3) is 0 Å². The van der Waals surface area contributed by atoms with Gasteiger partial charge in [0.2, 0.25) is 0 Å². The van der Waals surface area contributed by atoms with E-state index in [4.69, 9.17) is 4.74 Å². The fourth-order valence-corrected chi connectivity index (χ4v) is 1.77. The molecule has 0 saturated heterocycles. The SMILES string of the molecule is CCNCc1ccc(OCCC(C)(C)C)c(C(F)(F)F)c1. The standard InChI is InChI=1S/C16H24F3NO/c1-5-20-11-12-6-7-14(13(10-12)16(17,18)19)21-9-8-15(2,3)4/h6-7,10,20H,5,8-9,11H2,1-4H3. The van der Waals surface area contributed by atoms with E-state index in [-0.39, 0.29) is 17.8 Å². The maximum atomic E-state index is 13.1. The summed E-state index contributed by atoms with van der Waals surface area (Å²) >= 11 is 0. The van der Waals surface area contributed by atoms with Gasteiger partial charge in [-0.1, -0.05) is 33.8 Å². The van der Waals surface area contributed by atoms with Gasteiger partial charge in [0.1, 0.15) is 5.75 Å². The molecular weight excluding hydrogens is 279 g/mol. The van der Waals surface area contributed by atoms with Crippen LogP contribution in [0.4, 0.5) is 13.2 Å². The van der Waals surface area contributed by atoms with Crippen molar-refractivity contribution in [1.29, 1.82) is 0 Å². The average Bonchev–Trinajstić information content (AvgIpc) is 2.34. The molecule has 0 spiro atoms. The molecule has 0 unspecified atom stereocenters. The normalized spacial score (nSPS) is 12.5. The second kappa shape index (κ2) is 7.16. The molecule has 0 amide bonds. The highest BCUT2D eigenvalue weighted by Crippen LogP contribution is 2.37. The van der Waals surface area contributed by atoms with E-state index in [0.29, 0.717) is 25.1 Å². The highest BCUT2D eigenvalue weighted by atomic mass is 19.4. The second-order valence-electron chi connectivity index (χ2n) is 6.27. The van der Waals surface area contributed by atoms with Crippen molar-refractivity contribution in [3.63, 3.8) is 0 Å². The number of benzene rings is 1. The van der Waals surface area contributed by atoms with Crippen molar-refractivity contribution in [2.24, 2.45) is 5.41 Å². The zero-order valence-electron chi connectivity index (χ0n) is 13.1. The number of halogens is 3. The summed E-state index contributed by atoms with van der Waals surface area (Å²) in [7, 11) is 0. The third-order valence-corrected chi connectivity index (χ3v) is 3.04. The minimum atomic E-state index is -4.40. The molecule has 21 heavy (non-hydrogen) atoms. The van der Waals surface area contributed by atoms with Crippen LogP contribution in [0, 0.1) is 5.41 Å². The Balaban J connectivity index is 2.87. The van der Waals surface area contributed by atoms with Crippen molar-refractivity contribution in [2.45, 2.75) is 46.8 Å². The van der Waals surface area contributed by atoms with Crippen LogP contribution in [0.3, 0.4) is 0 Å². The third kappa shape index (κ3) is 6.38. The molecule has 120 valence electrons. The second-order valence-corrected chi connectivity index (χ2v) is 6.27. The molecule has 5 heteroatoms. The largest absolute Gasteiger partial charge is 0.493 e. The maximum absolute atomic E-state index is 13.1. The zero-order valence-corrected chi connectivity index (χ0v) is 13.1. The van der Waals surface area contributed by atoms with Gasteiger partial charge in [0.05, 0.1) is 12.2 Å². The zero-order chi connectivity index (χ0) is 16.1. The molecule has 0 heterocycles.